The predicted octanol–water partition coefficient (Wildman–Crippen LogP) is 4.34. The fraction of sp³-hybridized carbons (Fsp3) is 0.667. The highest BCUT2D eigenvalue weighted by atomic mass is 16.5. The summed E-state index contributed by atoms with van der Waals surface area (Å²) in [5.41, 5.74) is -0.668. The zero-order valence-electron chi connectivity index (χ0n) is 13.8. The van der Waals surface area contributed by atoms with Crippen LogP contribution in [0.4, 0.5) is 0 Å². The van der Waals surface area contributed by atoms with Gasteiger partial charge in [-0.2, -0.15) is 0 Å². The van der Waals surface area contributed by atoms with Gasteiger partial charge in [-0.25, -0.2) is 0 Å². The molecule has 1 aromatic carbocycles. The van der Waals surface area contributed by atoms with E-state index in [0.29, 0.717) is 0 Å². The SMILES string of the molecule is CC1(C)OC(c2ccccc2)C(C)(O)C(C)(C)C1(C)C. The first-order valence-electron chi connectivity index (χ1n) is 7.40. The fourth-order valence-electron chi connectivity index (χ4n) is 3.29. The number of hydrogen-bond acceptors (Lipinski definition) is 2. The van der Waals surface area contributed by atoms with Gasteiger partial charge in [0.15, 0.2) is 0 Å². The molecule has 0 aliphatic carbocycles. The van der Waals surface area contributed by atoms with Crippen molar-refractivity contribution in [1.29, 1.82) is 0 Å². The van der Waals surface area contributed by atoms with E-state index in [2.05, 4.69) is 41.5 Å². The molecule has 1 fully saturated rings. The molecule has 2 nitrogen and oxygen atoms in total. The third kappa shape index (κ3) is 1.85. The summed E-state index contributed by atoms with van der Waals surface area (Å²) in [7, 11) is 0. The second-order valence-electron chi connectivity index (χ2n) is 7.82. The van der Waals surface area contributed by atoms with Gasteiger partial charge in [-0.15, -0.1) is 0 Å². The normalized spacial score (nSPS) is 34.7. The highest BCUT2D eigenvalue weighted by Crippen LogP contribution is 2.62. The van der Waals surface area contributed by atoms with Crippen molar-refractivity contribution in [2.45, 2.75) is 65.8 Å². The van der Waals surface area contributed by atoms with Gasteiger partial charge in [0.05, 0.1) is 11.2 Å². The van der Waals surface area contributed by atoms with E-state index in [1.165, 1.54) is 0 Å². The van der Waals surface area contributed by atoms with Crippen LogP contribution in [0.25, 0.3) is 0 Å². The van der Waals surface area contributed by atoms with Crippen LogP contribution in [0.3, 0.4) is 0 Å². The third-order valence-electron chi connectivity index (χ3n) is 6.36. The Morgan fingerprint density at radius 1 is 0.850 bits per heavy atom. The lowest BCUT2D eigenvalue weighted by atomic mass is 9.50. The minimum absolute atomic E-state index is 0.158. The summed E-state index contributed by atoms with van der Waals surface area (Å²) in [6.45, 7) is 14.8. The number of ether oxygens (including phenoxy) is 1. The van der Waals surface area contributed by atoms with Crippen molar-refractivity contribution in [1.82, 2.24) is 0 Å². The monoisotopic (exact) mass is 276 g/mol. The molecule has 112 valence electrons. The second kappa shape index (κ2) is 4.32. The molecule has 1 aromatic rings. The van der Waals surface area contributed by atoms with Gasteiger partial charge in [0.2, 0.25) is 0 Å². The molecule has 0 amide bonds. The molecule has 1 heterocycles. The topological polar surface area (TPSA) is 29.5 Å². The van der Waals surface area contributed by atoms with Crippen molar-refractivity contribution in [3.63, 3.8) is 0 Å². The van der Waals surface area contributed by atoms with Crippen LogP contribution in [0, 0.1) is 10.8 Å². The summed E-state index contributed by atoms with van der Waals surface area (Å²) < 4.78 is 6.38. The van der Waals surface area contributed by atoms with Crippen molar-refractivity contribution in [3.8, 4) is 0 Å². The van der Waals surface area contributed by atoms with Gasteiger partial charge >= 0.3 is 0 Å². The molecule has 0 saturated carbocycles. The van der Waals surface area contributed by atoms with E-state index in [4.69, 9.17) is 4.74 Å². The van der Waals surface area contributed by atoms with Crippen LogP contribution in [0.1, 0.15) is 60.1 Å². The first-order valence-corrected chi connectivity index (χ1v) is 7.40. The van der Waals surface area contributed by atoms with E-state index < -0.39 is 5.60 Å². The number of aliphatic hydroxyl groups is 1. The highest BCUT2D eigenvalue weighted by Gasteiger charge is 2.64. The minimum Gasteiger partial charge on any atom is -0.387 e. The molecular formula is C18H28O2. The van der Waals surface area contributed by atoms with Crippen molar-refractivity contribution < 1.29 is 9.84 Å². The first kappa shape index (κ1) is 15.5. The molecule has 0 bridgehead atoms. The van der Waals surface area contributed by atoms with Crippen molar-refractivity contribution >= 4 is 0 Å². The summed E-state index contributed by atoms with van der Waals surface area (Å²) in [6, 6.07) is 10.0. The van der Waals surface area contributed by atoms with E-state index >= 15 is 0 Å². The van der Waals surface area contributed by atoms with Gasteiger partial charge in [0.25, 0.3) is 0 Å². The third-order valence-corrected chi connectivity index (χ3v) is 6.36. The molecule has 20 heavy (non-hydrogen) atoms. The Morgan fingerprint density at radius 2 is 1.35 bits per heavy atom. The summed E-state index contributed by atoms with van der Waals surface area (Å²) in [5, 5.41) is 11.3. The Morgan fingerprint density at radius 3 is 1.85 bits per heavy atom. The van der Waals surface area contributed by atoms with Crippen LogP contribution in [0.2, 0.25) is 0 Å². The molecule has 0 spiro atoms. The molecular weight excluding hydrogens is 248 g/mol. The van der Waals surface area contributed by atoms with Crippen LogP contribution in [0.5, 0.6) is 0 Å². The molecule has 2 rings (SSSR count). The fourth-order valence-corrected chi connectivity index (χ4v) is 3.29. The van der Waals surface area contributed by atoms with Gasteiger partial charge in [-0.3, -0.25) is 0 Å². The Kier molecular flexibility index (Phi) is 3.35. The molecule has 0 radical (unpaired) electrons. The van der Waals surface area contributed by atoms with E-state index in [1.807, 2.05) is 37.3 Å². The van der Waals surface area contributed by atoms with Crippen LogP contribution in [-0.4, -0.2) is 16.3 Å². The summed E-state index contributed by atoms with van der Waals surface area (Å²) in [5.74, 6) is 0. The average molecular weight is 276 g/mol. The van der Waals surface area contributed by atoms with Gasteiger partial charge in [0.1, 0.15) is 6.10 Å². The molecule has 0 aromatic heterocycles. The van der Waals surface area contributed by atoms with Crippen molar-refractivity contribution in [2.75, 3.05) is 0 Å². The van der Waals surface area contributed by atoms with E-state index in [9.17, 15) is 5.11 Å². The van der Waals surface area contributed by atoms with Crippen LogP contribution in [0.15, 0.2) is 30.3 Å². The van der Waals surface area contributed by atoms with Crippen LogP contribution in [-0.2, 0) is 4.74 Å². The Balaban J connectivity index is 2.57. The summed E-state index contributed by atoms with van der Waals surface area (Å²) in [6.07, 6.45) is -0.318. The van der Waals surface area contributed by atoms with E-state index in [1.54, 1.807) is 0 Å². The maximum absolute atomic E-state index is 11.3. The standard InChI is InChI=1S/C18H28O2/c1-15(2)16(3,4)18(7,19)14(20-17(15,5)6)13-11-9-8-10-12-13/h8-12,14,19H,1-7H3. The number of rotatable bonds is 1. The highest BCUT2D eigenvalue weighted by molar-refractivity contribution is 5.25. The van der Waals surface area contributed by atoms with Gasteiger partial charge in [0, 0.05) is 10.8 Å². The Labute approximate surface area is 123 Å². The summed E-state index contributed by atoms with van der Waals surface area (Å²) >= 11 is 0. The van der Waals surface area contributed by atoms with Crippen molar-refractivity contribution in [3.05, 3.63) is 35.9 Å². The maximum Gasteiger partial charge on any atom is 0.112 e. The quantitative estimate of drug-likeness (QED) is 0.826. The number of hydrogen-bond donors (Lipinski definition) is 1. The average Bonchev–Trinajstić information content (AvgIpc) is 2.35. The molecule has 1 aliphatic heterocycles. The van der Waals surface area contributed by atoms with Crippen molar-refractivity contribution in [2.24, 2.45) is 10.8 Å². The predicted molar refractivity (Wildman–Crippen MR) is 82.5 cm³/mol. The minimum atomic E-state index is -0.937. The largest absolute Gasteiger partial charge is 0.387 e. The van der Waals surface area contributed by atoms with Gasteiger partial charge in [-0.1, -0.05) is 58.0 Å². The maximum atomic E-state index is 11.3. The number of benzene rings is 1. The van der Waals surface area contributed by atoms with Gasteiger partial charge in [-0.05, 0) is 26.3 Å². The molecule has 2 heteroatoms. The van der Waals surface area contributed by atoms with E-state index in [0.717, 1.165) is 5.56 Å². The van der Waals surface area contributed by atoms with E-state index in [-0.39, 0.29) is 22.5 Å². The summed E-state index contributed by atoms with van der Waals surface area (Å²) in [4.78, 5) is 0. The molecule has 2 unspecified atom stereocenters. The molecule has 1 aliphatic rings. The Hall–Kier alpha value is -0.860. The van der Waals surface area contributed by atoms with Crippen LogP contribution < -0.4 is 0 Å². The smallest absolute Gasteiger partial charge is 0.112 e. The lowest BCUT2D eigenvalue weighted by Gasteiger charge is -2.64. The molecule has 2 atom stereocenters. The lowest BCUT2D eigenvalue weighted by Crippen LogP contribution is -2.67. The zero-order valence-corrected chi connectivity index (χ0v) is 13.8. The lowest BCUT2D eigenvalue weighted by molar-refractivity contribution is -0.319. The van der Waals surface area contributed by atoms with Crippen LogP contribution >= 0.6 is 0 Å². The van der Waals surface area contributed by atoms with Gasteiger partial charge < -0.3 is 9.84 Å². The Bertz CT molecular complexity index is 483. The molecule has 1 saturated heterocycles. The zero-order chi connectivity index (χ0) is 15.4. The first-order chi connectivity index (χ1) is 8.95. The second-order valence-corrected chi connectivity index (χ2v) is 7.82. The molecule has 1 N–H and O–H groups in total.